The normalized spacial score (nSPS) is 16.2. The van der Waals surface area contributed by atoms with E-state index in [2.05, 4.69) is 15.3 Å². The first-order valence-corrected chi connectivity index (χ1v) is 6.28. The molecule has 1 N–H and O–H groups in total. The highest BCUT2D eigenvalue weighted by Crippen LogP contribution is 2.16. The Kier molecular flexibility index (Phi) is 4.14. The van der Waals surface area contributed by atoms with Crippen LogP contribution >= 0.6 is 0 Å². The van der Waals surface area contributed by atoms with Gasteiger partial charge in [-0.3, -0.25) is 4.79 Å². The van der Waals surface area contributed by atoms with Crippen molar-refractivity contribution in [3.05, 3.63) is 22.6 Å². The number of hydrogen-bond acceptors (Lipinski definition) is 4. The van der Waals surface area contributed by atoms with Gasteiger partial charge >= 0.3 is 0 Å². The second kappa shape index (κ2) is 5.82. The molecule has 1 saturated heterocycles. The fourth-order valence-electron chi connectivity index (χ4n) is 2.13. The molecule has 0 atom stereocenters. The van der Waals surface area contributed by atoms with Gasteiger partial charge in [0, 0.05) is 25.7 Å². The van der Waals surface area contributed by atoms with Crippen molar-refractivity contribution in [2.75, 3.05) is 31.6 Å². The molecular formula is C12H20N4O. The molecule has 5 nitrogen and oxygen atoms in total. The first-order valence-electron chi connectivity index (χ1n) is 6.28. The van der Waals surface area contributed by atoms with Gasteiger partial charge in [0.25, 0.3) is 5.56 Å². The van der Waals surface area contributed by atoms with Crippen molar-refractivity contribution < 1.29 is 0 Å². The average Bonchev–Trinajstić information content (AvgIpc) is 2.38. The Balaban J connectivity index is 2.09. The Morgan fingerprint density at radius 1 is 1.35 bits per heavy atom. The van der Waals surface area contributed by atoms with Gasteiger partial charge in [-0.15, -0.1) is 0 Å². The maximum absolute atomic E-state index is 11.8. The van der Waals surface area contributed by atoms with Crippen LogP contribution in [0.3, 0.4) is 0 Å². The first-order chi connectivity index (χ1) is 8.31. The van der Waals surface area contributed by atoms with Crippen LogP contribution in [0.1, 0.15) is 19.3 Å². The van der Waals surface area contributed by atoms with E-state index in [-0.39, 0.29) is 5.56 Å². The van der Waals surface area contributed by atoms with Gasteiger partial charge in [0.15, 0.2) is 0 Å². The molecule has 0 aliphatic carbocycles. The maximum Gasteiger partial charge on any atom is 0.268 e. The summed E-state index contributed by atoms with van der Waals surface area (Å²) in [5.41, 5.74) is 0.957. The largest absolute Gasteiger partial charge is 0.370 e. The summed E-state index contributed by atoms with van der Waals surface area (Å²) >= 11 is 0. The number of nitrogens with one attached hydrogen (secondary N) is 1. The summed E-state index contributed by atoms with van der Waals surface area (Å²) in [6.07, 6.45) is 5.53. The molecule has 2 rings (SSSR count). The van der Waals surface area contributed by atoms with Gasteiger partial charge in [-0.1, -0.05) is 0 Å². The standard InChI is InChI=1S/C12H20N4O/c1-13-5-8-16-12(17)9-11(10-14-16)15-6-3-2-4-7-15/h9-10,13H,2-8H2,1H3. The third-order valence-corrected chi connectivity index (χ3v) is 3.15. The van der Waals surface area contributed by atoms with E-state index >= 15 is 0 Å². The molecule has 0 unspecified atom stereocenters. The van der Waals surface area contributed by atoms with E-state index in [1.165, 1.54) is 23.9 Å². The van der Waals surface area contributed by atoms with Crippen molar-refractivity contribution in [1.82, 2.24) is 15.1 Å². The zero-order valence-corrected chi connectivity index (χ0v) is 10.4. The molecule has 1 aromatic heterocycles. The van der Waals surface area contributed by atoms with Gasteiger partial charge < -0.3 is 10.2 Å². The molecular weight excluding hydrogens is 216 g/mol. The Morgan fingerprint density at radius 2 is 2.12 bits per heavy atom. The fraction of sp³-hybridized carbons (Fsp3) is 0.667. The minimum atomic E-state index is -0.0108. The monoisotopic (exact) mass is 236 g/mol. The van der Waals surface area contributed by atoms with Crippen LogP contribution in [-0.2, 0) is 6.54 Å². The van der Waals surface area contributed by atoms with Gasteiger partial charge in [-0.25, -0.2) is 4.68 Å². The summed E-state index contributed by atoms with van der Waals surface area (Å²) in [7, 11) is 1.87. The third kappa shape index (κ3) is 3.06. The van der Waals surface area contributed by atoms with Crippen LogP contribution in [0, 0.1) is 0 Å². The predicted octanol–water partition coefficient (Wildman–Crippen LogP) is 0.453. The van der Waals surface area contributed by atoms with Gasteiger partial charge in [-0.05, 0) is 26.3 Å². The lowest BCUT2D eigenvalue weighted by atomic mass is 10.1. The molecule has 5 heteroatoms. The Bertz CT molecular complexity index is 409. The Labute approximate surface area is 101 Å². The highest BCUT2D eigenvalue weighted by atomic mass is 16.1. The summed E-state index contributed by atoms with van der Waals surface area (Å²) in [4.78, 5) is 14.1. The van der Waals surface area contributed by atoms with Crippen molar-refractivity contribution in [3.63, 3.8) is 0 Å². The molecule has 1 fully saturated rings. The number of anilines is 1. The molecule has 0 aromatic carbocycles. The second-order valence-electron chi connectivity index (χ2n) is 4.43. The van der Waals surface area contributed by atoms with Crippen molar-refractivity contribution in [3.8, 4) is 0 Å². The van der Waals surface area contributed by atoms with Crippen LogP contribution in [-0.4, -0.2) is 36.5 Å². The highest BCUT2D eigenvalue weighted by Gasteiger charge is 2.12. The van der Waals surface area contributed by atoms with Crippen LogP contribution in [0.4, 0.5) is 5.69 Å². The molecule has 1 aromatic rings. The summed E-state index contributed by atoms with van der Waals surface area (Å²) < 4.78 is 1.50. The fourth-order valence-corrected chi connectivity index (χ4v) is 2.13. The van der Waals surface area contributed by atoms with Crippen molar-refractivity contribution in [2.24, 2.45) is 0 Å². The summed E-state index contributed by atoms with van der Waals surface area (Å²) in [6.45, 7) is 3.47. The smallest absolute Gasteiger partial charge is 0.268 e. The van der Waals surface area contributed by atoms with E-state index in [0.29, 0.717) is 6.54 Å². The van der Waals surface area contributed by atoms with Crippen molar-refractivity contribution in [2.45, 2.75) is 25.8 Å². The molecule has 1 aliphatic rings. The lowest BCUT2D eigenvalue weighted by Gasteiger charge is -2.28. The molecule has 0 radical (unpaired) electrons. The van der Waals surface area contributed by atoms with E-state index in [1.54, 1.807) is 6.07 Å². The molecule has 17 heavy (non-hydrogen) atoms. The van der Waals surface area contributed by atoms with Gasteiger partial charge in [0.2, 0.25) is 0 Å². The molecule has 0 amide bonds. The highest BCUT2D eigenvalue weighted by molar-refractivity contribution is 5.43. The Morgan fingerprint density at radius 3 is 2.76 bits per heavy atom. The summed E-state index contributed by atoms with van der Waals surface area (Å²) in [6, 6.07) is 1.70. The van der Waals surface area contributed by atoms with Crippen molar-refractivity contribution in [1.29, 1.82) is 0 Å². The molecule has 2 heterocycles. The molecule has 0 bridgehead atoms. The van der Waals surface area contributed by atoms with Gasteiger partial charge in [0.1, 0.15) is 0 Å². The summed E-state index contributed by atoms with van der Waals surface area (Å²) in [5, 5.41) is 7.22. The topological polar surface area (TPSA) is 50.2 Å². The van der Waals surface area contributed by atoms with Gasteiger partial charge in [-0.2, -0.15) is 5.10 Å². The minimum Gasteiger partial charge on any atom is -0.370 e. The van der Waals surface area contributed by atoms with Crippen LogP contribution in [0.25, 0.3) is 0 Å². The quantitative estimate of drug-likeness (QED) is 0.825. The Hall–Kier alpha value is -1.36. The van der Waals surface area contributed by atoms with E-state index < -0.39 is 0 Å². The average molecular weight is 236 g/mol. The van der Waals surface area contributed by atoms with Crippen LogP contribution in [0.2, 0.25) is 0 Å². The van der Waals surface area contributed by atoms with E-state index in [4.69, 9.17) is 0 Å². The van der Waals surface area contributed by atoms with Crippen LogP contribution in [0.15, 0.2) is 17.1 Å². The number of hydrogen-bond donors (Lipinski definition) is 1. The number of piperidine rings is 1. The number of nitrogens with zero attached hydrogens (tertiary/aromatic N) is 3. The molecule has 94 valence electrons. The lowest BCUT2D eigenvalue weighted by molar-refractivity contribution is 0.546. The number of likely N-dealkylation sites (N-methyl/N-ethyl adjacent to an activating group) is 1. The molecule has 0 saturated carbocycles. The summed E-state index contributed by atoms with van der Waals surface area (Å²) in [5.74, 6) is 0. The van der Waals surface area contributed by atoms with E-state index in [0.717, 1.165) is 25.3 Å². The van der Waals surface area contributed by atoms with Crippen LogP contribution < -0.4 is 15.8 Å². The zero-order chi connectivity index (χ0) is 12.1. The molecule has 1 aliphatic heterocycles. The number of rotatable bonds is 4. The van der Waals surface area contributed by atoms with Gasteiger partial charge in [0.05, 0.1) is 18.4 Å². The van der Waals surface area contributed by atoms with Crippen molar-refractivity contribution >= 4 is 5.69 Å². The zero-order valence-electron chi connectivity index (χ0n) is 10.4. The first kappa shape index (κ1) is 12.1. The minimum absolute atomic E-state index is 0.0108. The number of aromatic nitrogens is 2. The van der Waals surface area contributed by atoms with E-state index in [9.17, 15) is 4.79 Å². The SMILES string of the molecule is CNCCn1ncc(N2CCCCC2)cc1=O. The maximum atomic E-state index is 11.8. The second-order valence-corrected chi connectivity index (χ2v) is 4.43. The third-order valence-electron chi connectivity index (χ3n) is 3.15. The lowest BCUT2D eigenvalue weighted by Crippen LogP contribution is -2.33. The predicted molar refractivity (Wildman–Crippen MR) is 68.5 cm³/mol. The van der Waals surface area contributed by atoms with E-state index in [1.807, 2.05) is 13.2 Å². The molecule has 0 spiro atoms. The van der Waals surface area contributed by atoms with Crippen LogP contribution in [0.5, 0.6) is 0 Å².